The number of carbonyl (C=O) groups is 1. The number of halogens is 6. The second-order valence-electron chi connectivity index (χ2n) is 9.85. The molecule has 2 saturated carbocycles. The minimum atomic E-state index is -1.54. The molecule has 34 heavy (non-hydrogen) atoms. The van der Waals surface area contributed by atoms with E-state index >= 15 is 0 Å². The molecule has 0 saturated heterocycles. The smallest absolute Gasteiger partial charge is 0.194 e. The molecule has 0 aromatic heterocycles. The van der Waals surface area contributed by atoms with Gasteiger partial charge in [0.25, 0.3) is 0 Å². The third kappa shape index (κ3) is 5.33. The molecule has 0 heterocycles. The van der Waals surface area contributed by atoms with Crippen LogP contribution < -0.4 is 0 Å². The average Bonchev–Trinajstić information content (AvgIpc) is 3.52. The van der Waals surface area contributed by atoms with Crippen molar-refractivity contribution in [3.63, 3.8) is 0 Å². The van der Waals surface area contributed by atoms with Crippen molar-refractivity contribution < 1.29 is 31.1 Å². The highest BCUT2D eigenvalue weighted by atomic mass is 19.2. The molecule has 2 atom stereocenters. The molecule has 2 aromatic carbocycles. The maximum Gasteiger partial charge on any atom is 0.194 e. The van der Waals surface area contributed by atoms with Gasteiger partial charge in [0.2, 0.25) is 0 Å². The molecule has 0 spiro atoms. The fraction of sp³-hybridized carbons (Fsp3) is 0.519. The Morgan fingerprint density at radius 1 is 0.618 bits per heavy atom. The lowest BCUT2D eigenvalue weighted by atomic mass is 9.77. The third-order valence-electron chi connectivity index (χ3n) is 7.70. The van der Waals surface area contributed by atoms with Crippen molar-refractivity contribution in [3.05, 3.63) is 70.3 Å². The number of hydrogen-bond acceptors (Lipinski definition) is 1. The number of benzene rings is 2. The fourth-order valence-corrected chi connectivity index (χ4v) is 5.99. The van der Waals surface area contributed by atoms with E-state index in [9.17, 15) is 31.1 Å². The Labute approximate surface area is 195 Å². The van der Waals surface area contributed by atoms with Gasteiger partial charge in [0.15, 0.2) is 34.9 Å². The summed E-state index contributed by atoms with van der Waals surface area (Å²) >= 11 is 0. The minimum Gasteiger partial charge on any atom is -0.300 e. The van der Waals surface area contributed by atoms with Crippen LogP contribution in [0.4, 0.5) is 26.3 Å². The molecule has 2 aliphatic rings. The number of carbonyl (C=O) groups excluding carboxylic acids is 1. The molecule has 7 heteroatoms. The van der Waals surface area contributed by atoms with Crippen molar-refractivity contribution in [2.45, 2.75) is 76.0 Å². The highest BCUT2D eigenvalue weighted by molar-refractivity contribution is 5.80. The summed E-state index contributed by atoms with van der Waals surface area (Å²) in [4.78, 5) is 13.3. The standard InChI is InChI=1S/C27H28F6O/c28-22-9-17(10-23(29)26(22)32)20(15-5-1-2-6-15)13-19(34)14-21(16-7-3-4-8-16)18-11-24(30)27(33)25(31)12-18/h9-12,15-16,20-21H,1-8,13-14H2/t20-,21-/m0/s1. The van der Waals surface area contributed by atoms with Gasteiger partial charge in [-0.25, -0.2) is 26.3 Å². The molecule has 2 aromatic rings. The summed E-state index contributed by atoms with van der Waals surface area (Å²) in [5.41, 5.74) is 0.515. The van der Waals surface area contributed by atoms with Gasteiger partial charge in [0.05, 0.1) is 0 Å². The Bertz CT molecular complexity index is 912. The van der Waals surface area contributed by atoms with E-state index in [-0.39, 0.29) is 41.6 Å². The molecule has 184 valence electrons. The van der Waals surface area contributed by atoms with Crippen molar-refractivity contribution in [2.24, 2.45) is 11.8 Å². The number of hydrogen-bond donors (Lipinski definition) is 0. The van der Waals surface area contributed by atoms with Crippen LogP contribution in [0.15, 0.2) is 24.3 Å². The van der Waals surface area contributed by atoms with Gasteiger partial charge in [-0.2, -0.15) is 0 Å². The van der Waals surface area contributed by atoms with Crippen molar-refractivity contribution >= 4 is 5.78 Å². The summed E-state index contributed by atoms with van der Waals surface area (Å²) in [6.45, 7) is 0. The van der Waals surface area contributed by atoms with E-state index in [1.807, 2.05) is 0 Å². The molecule has 4 rings (SSSR count). The molecule has 0 N–H and O–H groups in total. The van der Waals surface area contributed by atoms with Crippen molar-refractivity contribution in [1.82, 2.24) is 0 Å². The van der Waals surface area contributed by atoms with E-state index < -0.39 is 46.7 Å². The molecule has 0 amide bonds. The lowest BCUT2D eigenvalue weighted by molar-refractivity contribution is -0.120. The van der Waals surface area contributed by atoms with Crippen LogP contribution in [0.3, 0.4) is 0 Å². The van der Waals surface area contributed by atoms with Crippen molar-refractivity contribution in [1.29, 1.82) is 0 Å². The predicted molar refractivity (Wildman–Crippen MR) is 116 cm³/mol. The van der Waals surface area contributed by atoms with E-state index in [0.717, 1.165) is 75.6 Å². The Kier molecular flexibility index (Phi) is 7.68. The van der Waals surface area contributed by atoms with Gasteiger partial charge >= 0.3 is 0 Å². The summed E-state index contributed by atoms with van der Waals surface area (Å²) in [5, 5.41) is 0. The van der Waals surface area contributed by atoms with Crippen molar-refractivity contribution in [2.75, 3.05) is 0 Å². The highest BCUT2D eigenvalue weighted by Gasteiger charge is 2.33. The molecular weight excluding hydrogens is 454 g/mol. The molecule has 1 nitrogen and oxygen atoms in total. The zero-order valence-corrected chi connectivity index (χ0v) is 18.9. The van der Waals surface area contributed by atoms with Crippen LogP contribution in [0.1, 0.15) is 87.2 Å². The number of rotatable bonds is 8. The largest absolute Gasteiger partial charge is 0.300 e. The molecule has 0 bridgehead atoms. The van der Waals surface area contributed by atoms with Crippen LogP contribution in [0.25, 0.3) is 0 Å². The molecule has 0 radical (unpaired) electrons. The van der Waals surface area contributed by atoms with Gasteiger partial charge in [-0.05, 0) is 84.7 Å². The minimum absolute atomic E-state index is 0.00452. The molecule has 2 fully saturated rings. The Hall–Kier alpha value is -2.31. The van der Waals surface area contributed by atoms with E-state index in [2.05, 4.69) is 0 Å². The van der Waals surface area contributed by atoms with Crippen LogP contribution in [-0.4, -0.2) is 5.78 Å². The van der Waals surface area contributed by atoms with Gasteiger partial charge in [-0.15, -0.1) is 0 Å². The second kappa shape index (κ2) is 10.5. The van der Waals surface area contributed by atoms with Gasteiger partial charge in [-0.1, -0.05) is 25.7 Å². The maximum atomic E-state index is 14.0. The van der Waals surface area contributed by atoms with E-state index in [0.29, 0.717) is 0 Å². The molecular formula is C27H28F6O. The third-order valence-corrected chi connectivity index (χ3v) is 7.70. The normalized spacial score (nSPS) is 19.0. The van der Waals surface area contributed by atoms with Crippen LogP contribution in [-0.2, 0) is 4.79 Å². The van der Waals surface area contributed by atoms with E-state index in [1.165, 1.54) is 0 Å². The van der Waals surface area contributed by atoms with Crippen LogP contribution in [0.2, 0.25) is 0 Å². The number of Topliss-reactive ketones (excluding diaryl/α,β-unsaturated/α-hetero) is 1. The van der Waals surface area contributed by atoms with Gasteiger partial charge in [0, 0.05) is 12.8 Å². The van der Waals surface area contributed by atoms with E-state index in [4.69, 9.17) is 0 Å². The number of ketones is 1. The van der Waals surface area contributed by atoms with Gasteiger partial charge in [0.1, 0.15) is 5.78 Å². The highest BCUT2D eigenvalue weighted by Crippen LogP contribution is 2.43. The molecule has 0 unspecified atom stereocenters. The zero-order valence-electron chi connectivity index (χ0n) is 18.9. The summed E-state index contributed by atoms with van der Waals surface area (Å²) in [6, 6.07) is 3.86. The Morgan fingerprint density at radius 2 is 0.912 bits per heavy atom. The van der Waals surface area contributed by atoms with Crippen molar-refractivity contribution in [3.8, 4) is 0 Å². The Balaban J connectivity index is 1.59. The first-order chi connectivity index (χ1) is 16.2. The molecule has 2 aliphatic carbocycles. The topological polar surface area (TPSA) is 17.1 Å². The average molecular weight is 483 g/mol. The van der Waals surface area contributed by atoms with Crippen LogP contribution in [0.5, 0.6) is 0 Å². The quantitative estimate of drug-likeness (QED) is 0.274. The van der Waals surface area contributed by atoms with Crippen LogP contribution in [0, 0.1) is 46.7 Å². The SMILES string of the molecule is O=C(C[C@H](c1cc(F)c(F)c(F)c1)C1CCCC1)C[C@H](c1cc(F)c(F)c(F)c1)C1CCCC1. The summed E-state index contributed by atoms with van der Waals surface area (Å²) < 4.78 is 82.9. The first kappa shape index (κ1) is 24.8. The van der Waals surface area contributed by atoms with Gasteiger partial charge in [-0.3, -0.25) is 4.79 Å². The summed E-state index contributed by atoms with van der Waals surface area (Å²) in [5.74, 6) is -9.27. The first-order valence-corrected chi connectivity index (χ1v) is 12.0. The fourth-order valence-electron chi connectivity index (χ4n) is 5.99. The maximum absolute atomic E-state index is 14.0. The van der Waals surface area contributed by atoms with E-state index in [1.54, 1.807) is 0 Å². The van der Waals surface area contributed by atoms with Gasteiger partial charge < -0.3 is 0 Å². The lowest BCUT2D eigenvalue weighted by Gasteiger charge is -2.27. The Morgan fingerprint density at radius 3 is 1.21 bits per heavy atom. The lowest BCUT2D eigenvalue weighted by Crippen LogP contribution is -2.20. The monoisotopic (exact) mass is 482 g/mol. The zero-order chi connectivity index (χ0) is 24.4. The predicted octanol–water partition coefficient (Wildman–Crippen LogP) is 8.12. The first-order valence-electron chi connectivity index (χ1n) is 12.0. The molecule has 0 aliphatic heterocycles. The summed E-state index contributed by atoms with van der Waals surface area (Å²) in [7, 11) is 0. The second-order valence-corrected chi connectivity index (χ2v) is 9.85. The summed E-state index contributed by atoms with van der Waals surface area (Å²) in [6.07, 6.45) is 7.01. The van der Waals surface area contributed by atoms with Crippen LogP contribution >= 0.6 is 0 Å².